The number of nitrogens with zero attached hydrogens (tertiary/aromatic N) is 2. The van der Waals surface area contributed by atoms with Gasteiger partial charge in [-0.15, -0.1) is 0 Å². The zero-order valence-corrected chi connectivity index (χ0v) is 26.9. The second kappa shape index (κ2) is 23.8. The van der Waals surface area contributed by atoms with Crippen LogP contribution in [0.2, 0.25) is 0 Å². The van der Waals surface area contributed by atoms with Crippen LogP contribution < -0.4 is 17.0 Å². The summed E-state index contributed by atoms with van der Waals surface area (Å²) in [7, 11) is 0. The lowest BCUT2D eigenvalue weighted by Crippen LogP contribution is -3.00. The Bertz CT molecular complexity index is 825. The Morgan fingerprint density at radius 3 is 2.10 bits per heavy atom. The van der Waals surface area contributed by atoms with Gasteiger partial charge in [0.15, 0.2) is 6.20 Å². The molecule has 0 bridgehead atoms. The molecule has 1 aromatic rings. The lowest BCUT2D eigenvalue weighted by Gasteiger charge is -2.19. The minimum Gasteiger partial charge on any atom is -1.00 e. The minimum atomic E-state index is -0.625. The first-order chi connectivity index (χ1) is 19.5. The third-order valence-electron chi connectivity index (χ3n) is 7.85. The van der Waals surface area contributed by atoms with Crippen molar-refractivity contribution in [3.05, 3.63) is 30.1 Å². The van der Waals surface area contributed by atoms with E-state index in [-0.39, 0.29) is 37.6 Å². The molecule has 7 nitrogen and oxygen atoms in total. The molecule has 2 unspecified atom stereocenters. The SMILES string of the molecule is CCCCCCCCCCCCCCCCOCC1COC(COC(=O)N(Cc2cccc[n+]2CC)C(C)=O)C1.[Cl-]. The lowest BCUT2D eigenvalue weighted by atomic mass is 10.0. The first-order valence-corrected chi connectivity index (χ1v) is 16.2. The van der Waals surface area contributed by atoms with Crippen LogP contribution >= 0.6 is 0 Å². The molecule has 0 saturated carbocycles. The van der Waals surface area contributed by atoms with Crippen molar-refractivity contribution in [3.8, 4) is 0 Å². The van der Waals surface area contributed by atoms with Crippen molar-refractivity contribution in [2.75, 3.05) is 26.4 Å². The molecule has 2 rings (SSSR count). The standard InChI is InChI=1S/C33H57N2O5.ClH/c1-4-6-7-8-9-10-11-12-13-14-15-16-17-20-23-38-26-30-24-32(39-27-30)28-40-33(37)35(29(3)36)25-31-21-18-19-22-34(31)5-2;/h18-19,21-22,30,32H,4-17,20,23-28H2,1-3H3;1H/q+1;/p-1. The summed E-state index contributed by atoms with van der Waals surface area (Å²) >= 11 is 0. The fourth-order valence-corrected chi connectivity index (χ4v) is 5.33. The monoisotopic (exact) mass is 596 g/mol. The molecular formula is C33H57ClN2O5. The van der Waals surface area contributed by atoms with Gasteiger partial charge < -0.3 is 26.6 Å². The van der Waals surface area contributed by atoms with E-state index in [2.05, 4.69) is 6.92 Å². The molecule has 1 saturated heterocycles. The second-order valence-electron chi connectivity index (χ2n) is 11.4. The van der Waals surface area contributed by atoms with Gasteiger partial charge in [0.2, 0.25) is 11.6 Å². The van der Waals surface area contributed by atoms with E-state index in [4.69, 9.17) is 14.2 Å². The molecule has 0 N–H and O–H groups in total. The normalized spacial score (nSPS) is 16.4. The van der Waals surface area contributed by atoms with Crippen LogP contribution in [-0.2, 0) is 32.1 Å². The van der Waals surface area contributed by atoms with Gasteiger partial charge in [0.05, 0.1) is 19.3 Å². The van der Waals surface area contributed by atoms with E-state index >= 15 is 0 Å². The third kappa shape index (κ3) is 16.5. The Kier molecular flexibility index (Phi) is 21.7. The number of amides is 2. The number of unbranched alkanes of at least 4 members (excludes halogenated alkanes) is 13. The predicted octanol–water partition coefficient (Wildman–Crippen LogP) is 4.39. The molecule has 0 aromatic carbocycles. The molecular weight excluding hydrogens is 540 g/mol. The van der Waals surface area contributed by atoms with Crippen LogP contribution in [0.5, 0.6) is 0 Å². The van der Waals surface area contributed by atoms with Crippen LogP contribution in [0.25, 0.3) is 0 Å². The van der Waals surface area contributed by atoms with Gasteiger partial charge in [0.25, 0.3) is 0 Å². The highest BCUT2D eigenvalue weighted by Crippen LogP contribution is 2.21. The molecule has 0 spiro atoms. The van der Waals surface area contributed by atoms with Crippen LogP contribution in [0.1, 0.15) is 123 Å². The summed E-state index contributed by atoms with van der Waals surface area (Å²) in [6.07, 6.45) is 21.0. The second-order valence-corrected chi connectivity index (χ2v) is 11.4. The Balaban J connectivity index is 0.00000840. The summed E-state index contributed by atoms with van der Waals surface area (Å²) in [5, 5.41) is 0. The van der Waals surface area contributed by atoms with E-state index in [0.29, 0.717) is 19.1 Å². The van der Waals surface area contributed by atoms with Crippen LogP contribution in [0.15, 0.2) is 24.4 Å². The van der Waals surface area contributed by atoms with Crippen molar-refractivity contribution < 1.29 is 40.8 Å². The molecule has 2 amide bonds. The maximum Gasteiger partial charge on any atom is 0.417 e. The molecule has 1 aromatic heterocycles. The van der Waals surface area contributed by atoms with E-state index in [1.54, 1.807) is 0 Å². The maximum absolute atomic E-state index is 12.7. The number of carbonyl (C=O) groups excluding carboxylic acids is 2. The first kappa shape index (κ1) is 37.3. The summed E-state index contributed by atoms with van der Waals surface area (Å²) in [4.78, 5) is 25.9. The van der Waals surface area contributed by atoms with Crippen LogP contribution in [0, 0.1) is 5.92 Å². The van der Waals surface area contributed by atoms with Crippen molar-refractivity contribution >= 4 is 12.0 Å². The summed E-state index contributed by atoms with van der Waals surface area (Å²) < 4.78 is 19.2. The van der Waals surface area contributed by atoms with Crippen molar-refractivity contribution in [1.82, 2.24) is 4.90 Å². The Labute approximate surface area is 256 Å². The molecule has 2 atom stereocenters. The number of aromatic nitrogens is 1. The molecule has 2 heterocycles. The molecule has 236 valence electrons. The van der Waals surface area contributed by atoms with Crippen molar-refractivity contribution in [2.24, 2.45) is 5.92 Å². The first-order valence-electron chi connectivity index (χ1n) is 16.2. The van der Waals surface area contributed by atoms with Gasteiger partial charge in [-0.1, -0.05) is 96.5 Å². The van der Waals surface area contributed by atoms with E-state index in [0.717, 1.165) is 36.6 Å². The van der Waals surface area contributed by atoms with Gasteiger partial charge in [-0.3, -0.25) is 4.79 Å². The quantitative estimate of drug-likeness (QED) is 0.147. The Hall–Kier alpha value is -1.70. The highest BCUT2D eigenvalue weighted by atomic mass is 35.5. The number of ether oxygens (including phenoxy) is 3. The molecule has 1 fully saturated rings. The minimum absolute atomic E-state index is 0. The van der Waals surface area contributed by atoms with Gasteiger partial charge in [-0.05, 0) is 19.8 Å². The molecule has 8 heteroatoms. The summed E-state index contributed by atoms with van der Waals surface area (Å²) in [6.45, 7) is 8.90. The molecule has 1 aliphatic heterocycles. The smallest absolute Gasteiger partial charge is 0.417 e. The fourth-order valence-electron chi connectivity index (χ4n) is 5.33. The van der Waals surface area contributed by atoms with Crippen LogP contribution in [0.4, 0.5) is 4.79 Å². The van der Waals surface area contributed by atoms with Crippen molar-refractivity contribution in [3.63, 3.8) is 0 Å². The molecule has 0 aliphatic carbocycles. The summed E-state index contributed by atoms with van der Waals surface area (Å²) in [6, 6.07) is 5.75. The van der Waals surface area contributed by atoms with Crippen molar-refractivity contribution in [1.29, 1.82) is 0 Å². The van der Waals surface area contributed by atoms with Gasteiger partial charge in [0, 0.05) is 31.6 Å². The molecule has 1 aliphatic rings. The van der Waals surface area contributed by atoms with Crippen LogP contribution in [0.3, 0.4) is 0 Å². The zero-order valence-electron chi connectivity index (χ0n) is 26.1. The van der Waals surface area contributed by atoms with Crippen LogP contribution in [-0.4, -0.2) is 49.4 Å². The number of rotatable bonds is 22. The van der Waals surface area contributed by atoms with Gasteiger partial charge in [-0.2, -0.15) is 0 Å². The average molecular weight is 597 g/mol. The number of pyridine rings is 1. The van der Waals surface area contributed by atoms with E-state index in [1.807, 2.05) is 35.9 Å². The fraction of sp³-hybridized carbons (Fsp3) is 0.788. The zero-order chi connectivity index (χ0) is 28.8. The lowest BCUT2D eigenvalue weighted by molar-refractivity contribution is -0.701. The number of imide groups is 1. The van der Waals surface area contributed by atoms with E-state index < -0.39 is 6.09 Å². The maximum atomic E-state index is 12.7. The highest BCUT2D eigenvalue weighted by molar-refractivity contribution is 5.90. The average Bonchev–Trinajstić information content (AvgIpc) is 3.42. The predicted molar refractivity (Wildman–Crippen MR) is 159 cm³/mol. The number of hydrogen-bond donors (Lipinski definition) is 0. The Morgan fingerprint density at radius 2 is 1.51 bits per heavy atom. The highest BCUT2D eigenvalue weighted by Gasteiger charge is 2.29. The molecule has 0 radical (unpaired) electrons. The number of hydrogen-bond acceptors (Lipinski definition) is 5. The van der Waals surface area contributed by atoms with E-state index in [1.165, 1.54) is 90.4 Å². The van der Waals surface area contributed by atoms with Gasteiger partial charge in [-0.25, -0.2) is 14.3 Å². The van der Waals surface area contributed by atoms with Gasteiger partial charge in [0.1, 0.15) is 19.7 Å². The van der Waals surface area contributed by atoms with E-state index in [9.17, 15) is 9.59 Å². The molecule has 41 heavy (non-hydrogen) atoms. The Morgan fingerprint density at radius 1 is 0.902 bits per heavy atom. The number of halogens is 1. The topological polar surface area (TPSA) is 69.0 Å². The third-order valence-corrected chi connectivity index (χ3v) is 7.85. The summed E-state index contributed by atoms with van der Waals surface area (Å²) in [5.41, 5.74) is 0.880. The van der Waals surface area contributed by atoms with Gasteiger partial charge >= 0.3 is 6.09 Å². The number of aryl methyl sites for hydroxylation is 1. The largest absolute Gasteiger partial charge is 1.00 e. The number of carbonyl (C=O) groups is 2. The summed E-state index contributed by atoms with van der Waals surface area (Å²) in [5.74, 6) is -0.00860. The van der Waals surface area contributed by atoms with Crippen molar-refractivity contribution in [2.45, 2.75) is 136 Å².